The molecule has 3 aromatic rings. The van der Waals surface area contributed by atoms with Crippen LogP contribution in [-0.4, -0.2) is 35.9 Å². The zero-order valence-corrected chi connectivity index (χ0v) is 18.2. The number of nitrogens with two attached hydrogens (primary N) is 1. The van der Waals surface area contributed by atoms with Crippen molar-refractivity contribution in [2.24, 2.45) is 15.7 Å². The van der Waals surface area contributed by atoms with Crippen molar-refractivity contribution in [1.29, 1.82) is 0 Å². The van der Waals surface area contributed by atoms with E-state index < -0.39 is 16.8 Å². The lowest BCUT2D eigenvalue weighted by Gasteiger charge is -2.12. The molecule has 0 aliphatic carbocycles. The summed E-state index contributed by atoms with van der Waals surface area (Å²) in [6, 6.07) is 11.0. The van der Waals surface area contributed by atoms with Gasteiger partial charge in [0.15, 0.2) is 11.0 Å². The van der Waals surface area contributed by atoms with Gasteiger partial charge in [-0.05, 0) is 42.0 Å². The molecule has 0 fully saturated rings. The molecule has 10 heteroatoms. The minimum absolute atomic E-state index is 0.178. The lowest BCUT2D eigenvalue weighted by Crippen LogP contribution is -2.07. The van der Waals surface area contributed by atoms with Crippen LogP contribution in [0.1, 0.15) is 5.56 Å². The highest BCUT2D eigenvalue weighted by Crippen LogP contribution is 2.31. The Bertz CT molecular complexity index is 1190. The van der Waals surface area contributed by atoms with Gasteiger partial charge in [0.2, 0.25) is 5.88 Å². The van der Waals surface area contributed by atoms with Crippen molar-refractivity contribution in [2.45, 2.75) is 4.90 Å². The van der Waals surface area contributed by atoms with Crippen LogP contribution in [0.15, 0.2) is 63.5 Å². The van der Waals surface area contributed by atoms with E-state index in [9.17, 15) is 8.60 Å². The van der Waals surface area contributed by atoms with E-state index in [-0.39, 0.29) is 10.8 Å². The third-order valence-corrected chi connectivity index (χ3v) is 5.49. The van der Waals surface area contributed by atoms with Gasteiger partial charge in [0, 0.05) is 36.3 Å². The minimum Gasteiger partial charge on any atom is -0.480 e. The molecule has 3 rings (SSSR count). The van der Waals surface area contributed by atoms with Crippen molar-refractivity contribution >= 4 is 46.5 Å². The number of methoxy groups -OCH3 is 1. The molecular formula is C21H19ClFN5O2S. The van der Waals surface area contributed by atoms with E-state index in [4.69, 9.17) is 22.1 Å². The van der Waals surface area contributed by atoms with Crippen molar-refractivity contribution in [1.82, 2.24) is 4.98 Å². The Morgan fingerprint density at radius 3 is 2.77 bits per heavy atom. The van der Waals surface area contributed by atoms with E-state index in [1.165, 1.54) is 37.8 Å². The average Bonchev–Trinajstić information content (AvgIpc) is 2.76. The molecule has 1 unspecified atom stereocenters. The fraction of sp³-hybridized carbons (Fsp3) is 0.0952. The molecule has 0 saturated heterocycles. The van der Waals surface area contributed by atoms with Crippen molar-refractivity contribution in [3.8, 4) is 17.0 Å². The SMILES string of the molecule is CN=Cc1cc(-c2cc(NS(=O)c3cc(Cl)cnc3OC)ccc2F)ccc1N=CN. The smallest absolute Gasteiger partial charge is 0.231 e. The third kappa shape index (κ3) is 5.25. The van der Waals surface area contributed by atoms with Gasteiger partial charge in [0.05, 0.1) is 24.2 Å². The van der Waals surface area contributed by atoms with Gasteiger partial charge < -0.3 is 15.2 Å². The van der Waals surface area contributed by atoms with Gasteiger partial charge in [-0.1, -0.05) is 17.7 Å². The summed E-state index contributed by atoms with van der Waals surface area (Å²) in [4.78, 5) is 12.4. The zero-order chi connectivity index (χ0) is 22.4. The van der Waals surface area contributed by atoms with Crippen molar-refractivity contribution < 1.29 is 13.3 Å². The summed E-state index contributed by atoms with van der Waals surface area (Å²) in [6.45, 7) is 0. The van der Waals surface area contributed by atoms with Crippen LogP contribution in [0.3, 0.4) is 0 Å². The number of hydrogen-bond donors (Lipinski definition) is 2. The van der Waals surface area contributed by atoms with Crippen LogP contribution in [0.4, 0.5) is 15.8 Å². The molecule has 0 aliphatic heterocycles. The maximum Gasteiger partial charge on any atom is 0.231 e. The molecule has 0 saturated carbocycles. The summed E-state index contributed by atoms with van der Waals surface area (Å²) >= 11 is 5.96. The standard InChI is InChI=1S/C21H19ClFN5O2S/c1-25-10-14-7-13(3-6-19(14)27-12-24)17-9-16(4-5-18(17)23)28-31(29)20-8-15(22)11-26-21(20)30-2/h3-12,28H,1-2H3,(H2,24,27). The maximum atomic E-state index is 14.6. The summed E-state index contributed by atoms with van der Waals surface area (Å²) in [7, 11) is 1.31. The number of anilines is 1. The molecule has 160 valence electrons. The van der Waals surface area contributed by atoms with Crippen molar-refractivity contribution in [3.05, 3.63) is 65.1 Å². The second kappa shape index (κ2) is 10.1. The van der Waals surface area contributed by atoms with Gasteiger partial charge in [0.25, 0.3) is 0 Å². The number of benzene rings is 2. The Labute approximate surface area is 186 Å². The second-order valence-corrected chi connectivity index (χ2v) is 7.78. The van der Waals surface area contributed by atoms with Crippen LogP contribution >= 0.6 is 11.6 Å². The number of nitrogens with one attached hydrogen (secondary N) is 1. The van der Waals surface area contributed by atoms with Gasteiger partial charge in [-0.25, -0.2) is 18.6 Å². The number of nitrogens with zero attached hydrogens (tertiary/aromatic N) is 3. The Hall–Kier alpha value is -3.30. The number of aliphatic imine (C=N–C) groups is 2. The monoisotopic (exact) mass is 459 g/mol. The van der Waals surface area contributed by atoms with Gasteiger partial charge in [0.1, 0.15) is 10.7 Å². The first-order valence-electron chi connectivity index (χ1n) is 8.95. The molecule has 0 aliphatic rings. The maximum absolute atomic E-state index is 14.6. The highest BCUT2D eigenvalue weighted by atomic mass is 35.5. The Balaban J connectivity index is 1.97. The molecule has 31 heavy (non-hydrogen) atoms. The van der Waals surface area contributed by atoms with Crippen LogP contribution in [0.5, 0.6) is 5.88 Å². The highest BCUT2D eigenvalue weighted by Gasteiger charge is 2.15. The number of ether oxygens (including phenoxy) is 1. The molecule has 1 aromatic heterocycles. The Morgan fingerprint density at radius 1 is 1.26 bits per heavy atom. The number of aromatic nitrogens is 1. The molecular weight excluding hydrogens is 441 g/mol. The van der Waals surface area contributed by atoms with Gasteiger partial charge in [-0.3, -0.25) is 4.99 Å². The molecule has 0 radical (unpaired) electrons. The predicted molar refractivity (Wildman–Crippen MR) is 124 cm³/mol. The van der Waals surface area contributed by atoms with Crippen LogP contribution in [-0.2, 0) is 11.0 Å². The number of halogens is 2. The molecule has 2 aromatic carbocycles. The van der Waals surface area contributed by atoms with E-state index in [0.717, 1.165) is 0 Å². The average molecular weight is 460 g/mol. The minimum atomic E-state index is -1.74. The van der Waals surface area contributed by atoms with Crippen molar-refractivity contribution in [2.75, 3.05) is 18.9 Å². The van der Waals surface area contributed by atoms with Gasteiger partial charge in [-0.2, -0.15) is 0 Å². The Morgan fingerprint density at radius 2 is 2.06 bits per heavy atom. The van der Waals surface area contributed by atoms with Crippen LogP contribution < -0.4 is 15.2 Å². The van der Waals surface area contributed by atoms with E-state index in [1.54, 1.807) is 37.5 Å². The number of pyridine rings is 1. The fourth-order valence-electron chi connectivity index (χ4n) is 2.83. The Kier molecular flexibility index (Phi) is 7.32. The zero-order valence-electron chi connectivity index (χ0n) is 16.7. The first-order valence-corrected chi connectivity index (χ1v) is 10.5. The lowest BCUT2D eigenvalue weighted by molar-refractivity contribution is 0.386. The number of rotatable bonds is 7. The van der Waals surface area contributed by atoms with Crippen molar-refractivity contribution in [3.63, 3.8) is 0 Å². The van der Waals surface area contributed by atoms with E-state index >= 15 is 0 Å². The van der Waals surface area contributed by atoms with Gasteiger partial charge in [-0.15, -0.1) is 0 Å². The van der Waals surface area contributed by atoms with Gasteiger partial charge >= 0.3 is 0 Å². The summed E-state index contributed by atoms with van der Waals surface area (Å²) < 4.78 is 35.4. The molecule has 0 spiro atoms. The van der Waals surface area contributed by atoms with E-state index in [2.05, 4.69) is 19.7 Å². The largest absolute Gasteiger partial charge is 0.480 e. The topological polar surface area (TPSA) is 102 Å². The predicted octanol–water partition coefficient (Wildman–Crippen LogP) is 4.35. The van der Waals surface area contributed by atoms with Crippen LogP contribution in [0, 0.1) is 5.82 Å². The number of hydrogen-bond acceptors (Lipinski definition) is 5. The lowest BCUT2D eigenvalue weighted by atomic mass is 10.0. The molecule has 0 bridgehead atoms. The molecule has 0 amide bonds. The molecule has 1 heterocycles. The van der Waals surface area contributed by atoms with Crippen LogP contribution in [0.2, 0.25) is 5.02 Å². The third-order valence-electron chi connectivity index (χ3n) is 4.18. The normalized spacial score (nSPS) is 12.4. The highest BCUT2D eigenvalue weighted by molar-refractivity contribution is 7.86. The molecule has 1 atom stereocenters. The molecule has 3 N–H and O–H groups in total. The summed E-state index contributed by atoms with van der Waals surface area (Å²) in [5.74, 6) is -0.259. The summed E-state index contributed by atoms with van der Waals surface area (Å²) in [6.07, 6.45) is 4.19. The fourth-order valence-corrected chi connectivity index (χ4v) is 4.03. The summed E-state index contributed by atoms with van der Waals surface area (Å²) in [5.41, 5.74) is 8.02. The quantitative estimate of drug-likeness (QED) is 0.405. The van der Waals surface area contributed by atoms with E-state index in [1.807, 2.05) is 0 Å². The first kappa shape index (κ1) is 22.4. The van der Waals surface area contributed by atoms with Crippen LogP contribution in [0.25, 0.3) is 11.1 Å². The summed E-state index contributed by atoms with van der Waals surface area (Å²) in [5, 5.41) is 0.316. The first-order chi connectivity index (χ1) is 15.0. The second-order valence-electron chi connectivity index (χ2n) is 6.17. The molecule has 7 nitrogen and oxygen atoms in total. The van der Waals surface area contributed by atoms with E-state index in [0.29, 0.717) is 33.1 Å².